The third-order valence-corrected chi connectivity index (χ3v) is 5.33. The standard InChI is InChI=1S/C22H22ClN3O4S/c1-14-21(20(25-30-14)16-6-4-5-7-17(16)23)26(13-27)22(31)24-11-10-15-8-9-18(28-2)19(12-15)29-3/h4-9,12-13H,10-11H2,1-3H3,(H,24,31). The number of nitrogens with zero attached hydrogens (tertiary/aromatic N) is 2. The van der Waals surface area contributed by atoms with Gasteiger partial charge in [0.1, 0.15) is 11.4 Å². The first-order valence-electron chi connectivity index (χ1n) is 9.44. The number of hydrogen-bond donors (Lipinski definition) is 1. The number of rotatable bonds is 8. The molecule has 3 rings (SSSR count). The maximum atomic E-state index is 11.9. The third kappa shape index (κ3) is 4.98. The van der Waals surface area contributed by atoms with Crippen LogP contribution in [-0.4, -0.2) is 37.4 Å². The number of hydrogen-bond acceptors (Lipinski definition) is 6. The van der Waals surface area contributed by atoms with Crippen molar-refractivity contribution >= 4 is 41.0 Å². The molecule has 3 aromatic rings. The predicted octanol–water partition coefficient (Wildman–Crippen LogP) is 4.40. The fourth-order valence-electron chi connectivity index (χ4n) is 3.12. The fraction of sp³-hybridized carbons (Fsp3) is 0.227. The summed E-state index contributed by atoms with van der Waals surface area (Å²) in [7, 11) is 3.18. The van der Waals surface area contributed by atoms with Gasteiger partial charge in [0.2, 0.25) is 6.41 Å². The molecule has 0 radical (unpaired) electrons. The molecule has 1 aromatic heterocycles. The number of thiocarbonyl (C=S) groups is 1. The van der Waals surface area contributed by atoms with Crippen LogP contribution in [-0.2, 0) is 11.2 Å². The van der Waals surface area contributed by atoms with Crippen LogP contribution >= 0.6 is 23.8 Å². The number of carbonyl (C=O) groups excluding carboxylic acids is 1. The second-order valence-electron chi connectivity index (χ2n) is 6.56. The Labute approximate surface area is 190 Å². The smallest absolute Gasteiger partial charge is 0.220 e. The van der Waals surface area contributed by atoms with Crippen molar-refractivity contribution in [1.82, 2.24) is 10.5 Å². The lowest BCUT2D eigenvalue weighted by molar-refractivity contribution is -0.106. The molecule has 162 valence electrons. The van der Waals surface area contributed by atoms with Gasteiger partial charge in [-0.15, -0.1) is 0 Å². The van der Waals surface area contributed by atoms with Crippen molar-refractivity contribution in [3.8, 4) is 22.8 Å². The van der Waals surface area contributed by atoms with Crippen LogP contribution in [0.2, 0.25) is 5.02 Å². The zero-order valence-electron chi connectivity index (χ0n) is 17.3. The van der Waals surface area contributed by atoms with Gasteiger partial charge in [0.05, 0.1) is 19.2 Å². The van der Waals surface area contributed by atoms with Gasteiger partial charge in [-0.25, -0.2) is 0 Å². The van der Waals surface area contributed by atoms with E-state index in [2.05, 4.69) is 10.5 Å². The van der Waals surface area contributed by atoms with Crippen LogP contribution in [0.4, 0.5) is 5.69 Å². The summed E-state index contributed by atoms with van der Waals surface area (Å²) < 4.78 is 15.9. The van der Waals surface area contributed by atoms with E-state index in [4.69, 9.17) is 37.8 Å². The summed E-state index contributed by atoms with van der Waals surface area (Å²) in [6.45, 7) is 2.22. The molecule has 0 bridgehead atoms. The van der Waals surface area contributed by atoms with Crippen molar-refractivity contribution in [2.24, 2.45) is 0 Å². The lowest BCUT2D eigenvalue weighted by Crippen LogP contribution is -2.40. The number of halogens is 1. The number of methoxy groups -OCH3 is 2. The number of amides is 1. The van der Waals surface area contributed by atoms with Gasteiger partial charge < -0.3 is 19.3 Å². The van der Waals surface area contributed by atoms with Crippen LogP contribution < -0.4 is 19.7 Å². The Morgan fingerprint density at radius 1 is 1.23 bits per heavy atom. The van der Waals surface area contributed by atoms with Gasteiger partial charge in [-0.3, -0.25) is 9.69 Å². The number of aromatic nitrogens is 1. The van der Waals surface area contributed by atoms with E-state index in [1.165, 1.54) is 4.90 Å². The maximum Gasteiger partial charge on any atom is 0.220 e. The Morgan fingerprint density at radius 3 is 2.65 bits per heavy atom. The molecular weight excluding hydrogens is 438 g/mol. The van der Waals surface area contributed by atoms with E-state index in [9.17, 15) is 4.79 Å². The molecule has 9 heteroatoms. The van der Waals surface area contributed by atoms with Gasteiger partial charge >= 0.3 is 0 Å². The second kappa shape index (κ2) is 10.3. The molecule has 0 spiro atoms. The Bertz CT molecular complexity index is 1090. The fourth-order valence-corrected chi connectivity index (χ4v) is 3.58. The van der Waals surface area contributed by atoms with Crippen LogP contribution in [0.3, 0.4) is 0 Å². The molecule has 0 saturated carbocycles. The van der Waals surface area contributed by atoms with E-state index in [-0.39, 0.29) is 5.11 Å². The Balaban J connectivity index is 1.74. The van der Waals surface area contributed by atoms with Crippen LogP contribution in [0, 0.1) is 6.92 Å². The highest BCUT2D eigenvalue weighted by atomic mass is 35.5. The molecule has 1 N–H and O–H groups in total. The Morgan fingerprint density at radius 2 is 1.97 bits per heavy atom. The van der Waals surface area contributed by atoms with E-state index < -0.39 is 0 Å². The van der Waals surface area contributed by atoms with Gasteiger partial charge in [-0.2, -0.15) is 0 Å². The first-order chi connectivity index (χ1) is 15.0. The zero-order valence-corrected chi connectivity index (χ0v) is 18.9. The van der Waals surface area contributed by atoms with Crippen LogP contribution in [0.25, 0.3) is 11.3 Å². The van der Waals surface area contributed by atoms with Gasteiger partial charge in [0.25, 0.3) is 0 Å². The summed E-state index contributed by atoms with van der Waals surface area (Å²) >= 11 is 11.8. The van der Waals surface area contributed by atoms with Crippen molar-refractivity contribution < 1.29 is 18.8 Å². The number of nitrogens with one attached hydrogen (secondary N) is 1. The van der Waals surface area contributed by atoms with Crippen LogP contribution in [0.1, 0.15) is 11.3 Å². The highest BCUT2D eigenvalue weighted by molar-refractivity contribution is 7.80. The molecule has 0 atom stereocenters. The number of benzene rings is 2. The topological polar surface area (TPSA) is 76.8 Å². The van der Waals surface area contributed by atoms with E-state index in [1.807, 2.05) is 30.3 Å². The summed E-state index contributed by atoms with van der Waals surface area (Å²) in [5.41, 5.74) is 2.57. The predicted molar refractivity (Wildman–Crippen MR) is 124 cm³/mol. The average Bonchev–Trinajstić information content (AvgIpc) is 3.15. The van der Waals surface area contributed by atoms with E-state index in [1.54, 1.807) is 33.3 Å². The minimum Gasteiger partial charge on any atom is -0.493 e. The van der Waals surface area contributed by atoms with Crippen molar-refractivity contribution in [1.29, 1.82) is 0 Å². The van der Waals surface area contributed by atoms with E-state index >= 15 is 0 Å². The molecule has 7 nitrogen and oxygen atoms in total. The molecule has 0 unspecified atom stereocenters. The van der Waals surface area contributed by atoms with Gasteiger partial charge in [-0.1, -0.05) is 41.0 Å². The molecule has 31 heavy (non-hydrogen) atoms. The van der Waals surface area contributed by atoms with Gasteiger partial charge in [-0.05, 0) is 49.3 Å². The number of aryl methyl sites for hydroxylation is 1. The molecule has 0 fully saturated rings. The summed E-state index contributed by atoms with van der Waals surface area (Å²) in [6, 6.07) is 12.9. The van der Waals surface area contributed by atoms with Gasteiger partial charge in [0, 0.05) is 12.1 Å². The molecule has 2 aromatic carbocycles. The molecule has 0 aliphatic heterocycles. The largest absolute Gasteiger partial charge is 0.493 e. The van der Waals surface area contributed by atoms with Crippen molar-refractivity contribution in [3.63, 3.8) is 0 Å². The summed E-state index contributed by atoms with van der Waals surface area (Å²) in [5.74, 6) is 1.77. The minimum atomic E-state index is 0.232. The molecule has 1 amide bonds. The lowest BCUT2D eigenvalue weighted by atomic mass is 10.1. The second-order valence-corrected chi connectivity index (χ2v) is 7.36. The summed E-state index contributed by atoms with van der Waals surface area (Å²) in [4.78, 5) is 13.2. The molecular formula is C22H22ClN3O4S. The lowest BCUT2D eigenvalue weighted by Gasteiger charge is -2.20. The summed E-state index contributed by atoms with van der Waals surface area (Å²) in [5, 5.41) is 7.92. The van der Waals surface area contributed by atoms with E-state index in [0.717, 1.165) is 5.56 Å². The highest BCUT2D eigenvalue weighted by Crippen LogP contribution is 2.36. The van der Waals surface area contributed by atoms with Crippen molar-refractivity contribution in [2.75, 3.05) is 25.7 Å². The van der Waals surface area contributed by atoms with Crippen molar-refractivity contribution in [2.45, 2.75) is 13.3 Å². The van der Waals surface area contributed by atoms with Crippen molar-refractivity contribution in [3.05, 3.63) is 58.8 Å². The maximum absolute atomic E-state index is 11.9. The SMILES string of the molecule is COc1ccc(CCNC(=S)N(C=O)c2c(-c3ccccc3Cl)noc2C)cc1OC. The third-order valence-electron chi connectivity index (χ3n) is 4.66. The zero-order chi connectivity index (χ0) is 22.4. The molecule has 0 aliphatic carbocycles. The minimum absolute atomic E-state index is 0.232. The molecule has 0 aliphatic rings. The first kappa shape index (κ1) is 22.6. The number of anilines is 1. The van der Waals surface area contributed by atoms with Gasteiger partial charge in [0.15, 0.2) is 22.4 Å². The number of carbonyl (C=O) groups is 1. The monoisotopic (exact) mass is 459 g/mol. The Kier molecular flexibility index (Phi) is 7.49. The van der Waals surface area contributed by atoms with Crippen LogP contribution in [0.5, 0.6) is 11.5 Å². The van der Waals surface area contributed by atoms with Crippen LogP contribution in [0.15, 0.2) is 47.0 Å². The molecule has 0 saturated heterocycles. The summed E-state index contributed by atoms with van der Waals surface area (Å²) in [6.07, 6.45) is 1.29. The highest BCUT2D eigenvalue weighted by Gasteiger charge is 2.24. The van der Waals surface area contributed by atoms with E-state index in [0.29, 0.717) is 58.6 Å². The first-order valence-corrected chi connectivity index (χ1v) is 10.2. The number of ether oxygens (including phenoxy) is 2. The normalized spacial score (nSPS) is 10.5. The molecule has 1 heterocycles. The average molecular weight is 460 g/mol. The Hall–Kier alpha value is -3.10. The quantitative estimate of drug-likeness (QED) is 0.395.